The van der Waals surface area contributed by atoms with Gasteiger partial charge in [0.25, 0.3) is 5.91 Å². The molecule has 3 aromatic carbocycles. The van der Waals surface area contributed by atoms with Gasteiger partial charge in [0.1, 0.15) is 21.6 Å². The van der Waals surface area contributed by atoms with Crippen molar-refractivity contribution in [3.63, 3.8) is 0 Å². The monoisotopic (exact) mass is 446 g/mol. The predicted octanol–water partition coefficient (Wildman–Crippen LogP) is 0.328. The molecule has 0 saturated carbocycles. The molecule has 0 fully saturated rings. The first kappa shape index (κ1) is 23.0. The van der Waals surface area contributed by atoms with Crippen LogP contribution in [0.3, 0.4) is 0 Å². The maximum atomic E-state index is 12.7. The fourth-order valence-electron chi connectivity index (χ4n) is 3.18. The van der Waals surface area contributed by atoms with Gasteiger partial charge in [-0.25, -0.2) is 8.42 Å². The number of hydrogen-bond donors (Lipinski definition) is 1. The van der Waals surface area contributed by atoms with Crippen molar-refractivity contribution in [2.75, 3.05) is 5.01 Å². The summed E-state index contributed by atoms with van der Waals surface area (Å²) >= 11 is 0. The average Bonchev–Trinajstić information content (AvgIpc) is 3.00. The van der Waals surface area contributed by atoms with Crippen molar-refractivity contribution in [3.8, 4) is 5.75 Å². The molecule has 9 nitrogen and oxygen atoms in total. The molecule has 1 unspecified atom stereocenters. The standard InChI is InChI=1S/C20H16N4O5S.Na/c1-12-18(20(26)24(23-12)13-7-3-2-4-8-13)21-22-19-15-10-6-5-9-14(15)17(11-16(19)25)30(27,28)29;/h2-11,18,25H,1H3,(H,27,28,29);/q;+1/p-1. The van der Waals surface area contributed by atoms with Gasteiger partial charge in [-0.15, -0.1) is 0 Å². The molecule has 0 aromatic heterocycles. The zero-order valence-electron chi connectivity index (χ0n) is 16.6. The van der Waals surface area contributed by atoms with E-state index in [1.54, 1.807) is 43.3 Å². The number of phenols is 1. The number of para-hydroxylation sites is 1. The minimum atomic E-state index is -4.82. The summed E-state index contributed by atoms with van der Waals surface area (Å²) < 4.78 is 34.6. The molecule has 0 bridgehead atoms. The van der Waals surface area contributed by atoms with Crippen LogP contribution in [0.2, 0.25) is 0 Å². The molecule has 152 valence electrons. The number of azo groups is 1. The van der Waals surface area contributed by atoms with Crippen LogP contribution in [0.25, 0.3) is 10.8 Å². The van der Waals surface area contributed by atoms with Gasteiger partial charge < -0.3 is 9.66 Å². The van der Waals surface area contributed by atoms with Gasteiger partial charge in [0.05, 0.1) is 16.3 Å². The zero-order valence-corrected chi connectivity index (χ0v) is 19.4. The summed E-state index contributed by atoms with van der Waals surface area (Å²) in [6.45, 7) is 1.63. The van der Waals surface area contributed by atoms with E-state index in [9.17, 15) is 22.9 Å². The summed E-state index contributed by atoms with van der Waals surface area (Å²) in [7, 11) is -4.82. The summed E-state index contributed by atoms with van der Waals surface area (Å²) in [5, 5.41) is 24.2. The smallest absolute Gasteiger partial charge is 0.744 e. The second kappa shape index (κ2) is 8.85. The van der Waals surface area contributed by atoms with Gasteiger partial charge >= 0.3 is 29.6 Å². The number of rotatable bonds is 4. The summed E-state index contributed by atoms with van der Waals surface area (Å²) in [5.41, 5.74) is 0.949. The van der Waals surface area contributed by atoms with Gasteiger partial charge in [-0.05, 0) is 19.1 Å². The van der Waals surface area contributed by atoms with Gasteiger partial charge in [-0.2, -0.15) is 20.3 Å². The SMILES string of the molecule is CC1=NN(c2ccccc2)C(=O)C1N=Nc1c(O)cc(S(=O)(=O)[O-])c2ccccc12.[Na+]. The number of anilines is 1. The largest absolute Gasteiger partial charge is 1.00 e. The van der Waals surface area contributed by atoms with E-state index in [4.69, 9.17) is 0 Å². The fraction of sp³-hybridized carbons (Fsp3) is 0.100. The van der Waals surface area contributed by atoms with E-state index in [0.29, 0.717) is 11.4 Å². The first-order valence-electron chi connectivity index (χ1n) is 8.83. The summed E-state index contributed by atoms with van der Waals surface area (Å²) in [4.78, 5) is 12.2. The summed E-state index contributed by atoms with van der Waals surface area (Å²) in [6, 6.07) is 14.8. The normalized spacial score (nSPS) is 16.6. The molecule has 1 N–H and O–H groups in total. The molecule has 1 aliphatic heterocycles. The minimum Gasteiger partial charge on any atom is -0.744 e. The molecular formula is C20H15N4NaO5S. The third kappa shape index (κ3) is 4.39. The third-order valence-corrected chi connectivity index (χ3v) is 5.47. The first-order valence-corrected chi connectivity index (χ1v) is 10.2. The topological polar surface area (TPSA) is 135 Å². The average molecular weight is 446 g/mol. The predicted molar refractivity (Wildman–Crippen MR) is 109 cm³/mol. The van der Waals surface area contributed by atoms with E-state index in [1.165, 1.54) is 17.1 Å². The molecule has 1 atom stereocenters. The van der Waals surface area contributed by atoms with Crippen molar-refractivity contribution in [1.82, 2.24) is 0 Å². The Kier molecular flexibility index (Phi) is 6.58. The molecule has 1 heterocycles. The van der Waals surface area contributed by atoms with Crippen LogP contribution in [0.5, 0.6) is 5.75 Å². The Balaban J connectivity index is 0.00000272. The molecule has 0 spiro atoms. The van der Waals surface area contributed by atoms with E-state index in [-0.39, 0.29) is 46.0 Å². The Hall–Kier alpha value is -2.63. The van der Waals surface area contributed by atoms with E-state index in [0.717, 1.165) is 6.07 Å². The second-order valence-electron chi connectivity index (χ2n) is 6.59. The van der Waals surface area contributed by atoms with Crippen LogP contribution in [-0.2, 0) is 14.9 Å². The number of benzene rings is 3. The van der Waals surface area contributed by atoms with Gasteiger partial charge in [0, 0.05) is 16.8 Å². The number of carbonyl (C=O) groups is 1. The van der Waals surface area contributed by atoms with Crippen LogP contribution in [0, 0.1) is 0 Å². The van der Waals surface area contributed by atoms with Crippen LogP contribution >= 0.6 is 0 Å². The van der Waals surface area contributed by atoms with E-state index >= 15 is 0 Å². The number of fused-ring (bicyclic) bond motifs is 1. The molecule has 3 aromatic rings. The number of carbonyl (C=O) groups excluding carboxylic acids is 1. The molecule has 1 amide bonds. The van der Waals surface area contributed by atoms with Crippen molar-refractivity contribution in [2.45, 2.75) is 17.9 Å². The number of aromatic hydroxyl groups is 1. The van der Waals surface area contributed by atoms with Gasteiger partial charge in [0.15, 0.2) is 6.04 Å². The molecule has 0 radical (unpaired) electrons. The number of hydrogen-bond acceptors (Lipinski definition) is 8. The maximum Gasteiger partial charge on any atom is 1.00 e. The molecular weight excluding hydrogens is 431 g/mol. The Morgan fingerprint density at radius 2 is 1.68 bits per heavy atom. The minimum absolute atomic E-state index is 0. The molecule has 31 heavy (non-hydrogen) atoms. The third-order valence-electron chi connectivity index (χ3n) is 4.60. The van der Waals surface area contributed by atoms with Gasteiger partial charge in [0.2, 0.25) is 0 Å². The van der Waals surface area contributed by atoms with Crippen LogP contribution in [0.1, 0.15) is 6.92 Å². The quantitative estimate of drug-likeness (QED) is 0.350. The van der Waals surface area contributed by atoms with Crippen LogP contribution < -0.4 is 34.6 Å². The van der Waals surface area contributed by atoms with Crippen LogP contribution in [0.4, 0.5) is 11.4 Å². The van der Waals surface area contributed by atoms with E-state index in [1.807, 2.05) is 6.07 Å². The zero-order chi connectivity index (χ0) is 21.5. The Morgan fingerprint density at radius 3 is 2.32 bits per heavy atom. The van der Waals surface area contributed by atoms with Crippen LogP contribution in [-0.4, -0.2) is 35.7 Å². The van der Waals surface area contributed by atoms with Crippen LogP contribution in [0.15, 0.2) is 80.9 Å². The van der Waals surface area contributed by atoms with E-state index in [2.05, 4.69) is 15.3 Å². The molecule has 0 saturated heterocycles. The second-order valence-corrected chi connectivity index (χ2v) is 7.94. The van der Waals surface area contributed by atoms with Crippen molar-refractivity contribution in [1.29, 1.82) is 0 Å². The van der Waals surface area contributed by atoms with Gasteiger partial charge in [-0.3, -0.25) is 4.79 Å². The molecule has 11 heteroatoms. The van der Waals surface area contributed by atoms with Crippen molar-refractivity contribution >= 4 is 43.9 Å². The number of hydrazone groups is 1. The number of amides is 1. The van der Waals surface area contributed by atoms with E-state index < -0.39 is 32.7 Å². The Bertz CT molecular complexity index is 1330. The van der Waals surface area contributed by atoms with Gasteiger partial charge in [-0.1, -0.05) is 42.5 Å². The van der Waals surface area contributed by atoms with Crippen molar-refractivity contribution in [2.24, 2.45) is 15.3 Å². The fourth-order valence-corrected chi connectivity index (χ4v) is 3.89. The Labute approximate surface area is 200 Å². The number of phenolic OH excluding ortho intramolecular Hbond substituents is 1. The Morgan fingerprint density at radius 1 is 1.06 bits per heavy atom. The summed E-state index contributed by atoms with van der Waals surface area (Å²) in [6.07, 6.45) is 0. The molecule has 0 aliphatic carbocycles. The molecule has 4 rings (SSSR count). The maximum absolute atomic E-state index is 12.7. The molecule has 1 aliphatic rings. The first-order chi connectivity index (χ1) is 14.3. The van der Waals surface area contributed by atoms with Crippen molar-refractivity contribution < 1.29 is 52.4 Å². The summed E-state index contributed by atoms with van der Waals surface area (Å²) in [5.74, 6) is -0.947. The number of nitrogens with zero attached hydrogens (tertiary/aromatic N) is 4. The van der Waals surface area contributed by atoms with Crippen molar-refractivity contribution in [3.05, 3.63) is 60.7 Å².